The highest BCUT2D eigenvalue weighted by atomic mass is 19.1. The molecule has 0 saturated carbocycles. The zero-order valence-electron chi connectivity index (χ0n) is 48.0. The van der Waals surface area contributed by atoms with E-state index < -0.39 is 71.2 Å². The zero-order chi connectivity index (χ0) is 63.0. The Kier molecular flexibility index (Phi) is 20.5. The van der Waals surface area contributed by atoms with Gasteiger partial charge in [-0.15, -0.1) is 0 Å². The van der Waals surface area contributed by atoms with Gasteiger partial charge in [-0.3, -0.25) is 43.2 Å². The highest BCUT2D eigenvalue weighted by molar-refractivity contribution is 6.35. The van der Waals surface area contributed by atoms with E-state index in [0.29, 0.717) is 69.4 Å². The van der Waals surface area contributed by atoms with Crippen molar-refractivity contribution < 1.29 is 75.7 Å². The maximum atomic E-state index is 14.8. The quantitative estimate of drug-likeness (QED) is 0.0289. The minimum Gasteiger partial charge on any atom is -0.453 e. The number of nitrogens with two attached hydrogens (primary N) is 1. The van der Waals surface area contributed by atoms with Crippen molar-refractivity contribution in [3.63, 3.8) is 0 Å². The Morgan fingerprint density at radius 2 is 1.15 bits per heavy atom. The molecule has 0 saturated heterocycles. The van der Waals surface area contributed by atoms with Crippen LogP contribution in [0.1, 0.15) is 97.5 Å². The molecule has 0 spiro atoms. The van der Waals surface area contributed by atoms with Crippen molar-refractivity contribution >= 4 is 110 Å². The van der Waals surface area contributed by atoms with Gasteiger partial charge in [0.2, 0.25) is 17.7 Å². The van der Waals surface area contributed by atoms with Gasteiger partial charge in [0, 0.05) is 60.6 Å². The Labute approximate surface area is 490 Å². The number of esters is 1. The van der Waals surface area contributed by atoms with E-state index in [1.54, 1.807) is 6.08 Å². The van der Waals surface area contributed by atoms with Crippen molar-refractivity contribution in [2.75, 3.05) is 75.7 Å². The number of H-pyrrole nitrogens is 1. The van der Waals surface area contributed by atoms with E-state index in [9.17, 15) is 65.8 Å². The molecule has 5 aromatic rings. The lowest BCUT2D eigenvalue weighted by Gasteiger charge is -2.25. The standard InChI is InChI=1S/C27H34FN5O4.C13H13FN2O4.C11H11FN2O3.C8H7FN2O/c1-5-32(6-2)10-11-33-9-7-8-20-24(27(33)37)15(3)21(29-20)13-18-17-12-19(28)23(31-25(35)16(4)34)14-22(17)30-26(18)36;1-6(20-7(2)17)13(19)16-11-5-10-8(3-9(11)14)4-12(18)15-10;1-5(15)11(17)14-9-4-8-6(2-7(9)12)3-10(16)13-8;9-5-1-4-2-8(12)11-7(4)3-6(5)10/h12-14,16,29,34H,5-11H2,1-4H3,(H,30,36)(H,31,35);3,5-6H,4H2,1-2H3,(H,15,18)(H,16,19);2,4-5,15H,3H2,1H3,(H,13,16)(H,14,17);1,3H,2,10H2,(H,11,12)/b18-13-;;;/t16-;;5-;/m0.0./s1. The number of amides is 8. The Bertz CT molecular complexity index is 3570. The molecular weight excluding hydrogens is 1130 g/mol. The molecule has 0 fully saturated rings. The number of aromatic nitrogens is 1. The number of likely N-dealkylation sites (N-methyl/N-ethyl adjacent to an activating group) is 1. The van der Waals surface area contributed by atoms with Crippen LogP contribution in [0.3, 0.4) is 0 Å². The molecule has 10 rings (SSSR count). The van der Waals surface area contributed by atoms with E-state index in [1.165, 1.54) is 76.2 Å². The number of aliphatic hydroxyl groups is 2. The van der Waals surface area contributed by atoms with Crippen LogP contribution in [-0.2, 0) is 68.8 Å². The van der Waals surface area contributed by atoms with E-state index in [-0.39, 0.29) is 71.2 Å². The van der Waals surface area contributed by atoms with Crippen LogP contribution in [0, 0.1) is 30.2 Å². The third-order valence-corrected chi connectivity index (χ3v) is 14.2. The summed E-state index contributed by atoms with van der Waals surface area (Å²) in [5.41, 5.74) is 12.3. The third kappa shape index (κ3) is 15.4. The first-order valence-electron chi connectivity index (χ1n) is 27.3. The first-order chi connectivity index (χ1) is 40.6. The maximum absolute atomic E-state index is 14.8. The molecule has 0 bridgehead atoms. The number of carbonyl (C=O) groups excluding carboxylic acids is 9. The summed E-state index contributed by atoms with van der Waals surface area (Å²) in [6.07, 6.45) is 0.130. The lowest BCUT2D eigenvalue weighted by molar-refractivity contribution is -0.150. The van der Waals surface area contributed by atoms with Gasteiger partial charge in [0.1, 0.15) is 35.5 Å². The van der Waals surface area contributed by atoms with Gasteiger partial charge < -0.3 is 72.7 Å². The summed E-state index contributed by atoms with van der Waals surface area (Å²) in [5.74, 6) is -6.16. The van der Waals surface area contributed by atoms with Crippen LogP contribution in [0.15, 0.2) is 48.5 Å². The number of carbonyl (C=O) groups is 9. The molecule has 1 aromatic heterocycles. The lowest BCUT2D eigenvalue weighted by Crippen LogP contribution is -2.38. The molecule has 27 heteroatoms. The van der Waals surface area contributed by atoms with Crippen LogP contribution in [-0.4, -0.2) is 129 Å². The number of aromatic amines is 1. The molecule has 86 heavy (non-hydrogen) atoms. The summed E-state index contributed by atoms with van der Waals surface area (Å²) in [4.78, 5) is 112. The van der Waals surface area contributed by atoms with Gasteiger partial charge in [0.15, 0.2) is 6.10 Å². The number of nitrogens with zero attached hydrogens (tertiary/aromatic N) is 2. The molecule has 12 N–H and O–H groups in total. The van der Waals surface area contributed by atoms with Crippen LogP contribution < -0.4 is 43.0 Å². The van der Waals surface area contributed by atoms with E-state index in [4.69, 9.17) is 15.6 Å². The van der Waals surface area contributed by atoms with Gasteiger partial charge >= 0.3 is 5.97 Å². The molecule has 0 radical (unpaired) electrons. The molecule has 3 atom stereocenters. The second-order valence-corrected chi connectivity index (χ2v) is 20.6. The Balaban J connectivity index is 0.000000181. The number of hydrogen-bond acceptors (Lipinski definition) is 14. The number of benzene rings is 4. The van der Waals surface area contributed by atoms with Crippen LogP contribution in [0.5, 0.6) is 0 Å². The highest BCUT2D eigenvalue weighted by Crippen LogP contribution is 2.38. The number of anilines is 8. The van der Waals surface area contributed by atoms with Crippen LogP contribution in [0.4, 0.5) is 63.1 Å². The number of aryl methyl sites for hydroxylation is 1. The molecular formula is C59H65F4N11O12. The van der Waals surface area contributed by atoms with Gasteiger partial charge in [0.25, 0.3) is 29.5 Å². The summed E-state index contributed by atoms with van der Waals surface area (Å²) < 4.78 is 59.7. The van der Waals surface area contributed by atoms with Crippen molar-refractivity contribution in [3.8, 4) is 0 Å². The highest BCUT2D eigenvalue weighted by Gasteiger charge is 2.32. The topological polar surface area (TPSA) is 336 Å². The second kappa shape index (κ2) is 27.5. The van der Waals surface area contributed by atoms with Crippen LogP contribution >= 0.6 is 0 Å². The van der Waals surface area contributed by atoms with Gasteiger partial charge in [-0.1, -0.05) is 13.8 Å². The second-order valence-electron chi connectivity index (χ2n) is 20.6. The molecule has 4 aromatic carbocycles. The van der Waals surface area contributed by atoms with Gasteiger partial charge in [-0.05, 0) is 130 Å². The van der Waals surface area contributed by atoms with E-state index in [0.717, 1.165) is 43.7 Å². The SMILES string of the molecule is CC(=O)OC(C)C(=O)Nc1cc2c(cc1F)CC(=O)N2.CCN(CC)CCN1CCCc2[nH]c(/C=C3\C(=O)Nc4cc(NC(=O)[C@H](C)O)c(F)cc43)c(C)c2C1=O.C[C@H](O)C(=O)Nc1cc2c(cc1F)CC(=O)N2.Nc1cc2c(cc1F)CC(=O)N2. The van der Waals surface area contributed by atoms with Crippen molar-refractivity contribution in [1.82, 2.24) is 14.8 Å². The van der Waals surface area contributed by atoms with Crippen molar-refractivity contribution in [2.24, 2.45) is 0 Å². The number of ether oxygens (including phenoxy) is 1. The number of fused-ring (bicyclic) bond motifs is 5. The van der Waals surface area contributed by atoms with Gasteiger partial charge in [0.05, 0.1) is 58.8 Å². The number of nitrogen functional groups attached to an aromatic ring is 1. The van der Waals surface area contributed by atoms with Gasteiger partial charge in [-0.2, -0.15) is 0 Å². The fraction of sp³-hybridized carbons (Fsp3) is 0.339. The third-order valence-electron chi connectivity index (χ3n) is 14.2. The molecule has 8 amide bonds. The minimum absolute atomic E-state index is 0.0149. The predicted octanol–water partition coefficient (Wildman–Crippen LogP) is 5.76. The molecule has 23 nitrogen and oxygen atoms in total. The first-order valence-corrected chi connectivity index (χ1v) is 27.3. The summed E-state index contributed by atoms with van der Waals surface area (Å²) in [6.45, 7) is 15.2. The predicted molar refractivity (Wildman–Crippen MR) is 312 cm³/mol. The zero-order valence-corrected chi connectivity index (χ0v) is 48.0. The fourth-order valence-electron chi connectivity index (χ4n) is 9.57. The molecule has 1 unspecified atom stereocenters. The number of rotatable bonds is 13. The summed E-state index contributed by atoms with van der Waals surface area (Å²) in [6, 6.07) is 10.3. The van der Waals surface area contributed by atoms with Crippen molar-refractivity contribution in [2.45, 2.75) is 98.9 Å². The van der Waals surface area contributed by atoms with Crippen LogP contribution in [0.25, 0.3) is 11.6 Å². The summed E-state index contributed by atoms with van der Waals surface area (Å²) >= 11 is 0. The smallest absolute Gasteiger partial charge is 0.303 e. The van der Waals surface area contributed by atoms with Crippen molar-refractivity contribution in [1.29, 1.82) is 0 Å². The lowest BCUT2D eigenvalue weighted by atomic mass is 10.0. The molecule has 5 aliphatic heterocycles. The maximum Gasteiger partial charge on any atom is 0.303 e. The molecule has 5 aliphatic rings. The van der Waals surface area contributed by atoms with E-state index in [1.807, 2.05) is 11.8 Å². The molecule has 0 aliphatic carbocycles. The average Bonchev–Trinajstić information content (AvgIpc) is 2.70. The minimum atomic E-state index is -1.31. The van der Waals surface area contributed by atoms with E-state index in [2.05, 4.69) is 60.9 Å². The van der Waals surface area contributed by atoms with Crippen LogP contribution in [0.2, 0.25) is 0 Å². The fourth-order valence-corrected chi connectivity index (χ4v) is 9.57. The Morgan fingerprint density at radius 3 is 1.64 bits per heavy atom. The van der Waals surface area contributed by atoms with Crippen molar-refractivity contribution in [3.05, 3.63) is 117 Å². The first kappa shape index (κ1) is 64.1. The molecule has 456 valence electrons. The van der Waals surface area contributed by atoms with Gasteiger partial charge in [-0.25, -0.2) is 17.6 Å². The number of aliphatic hydroxyl groups excluding tert-OH is 2. The Morgan fingerprint density at radius 1 is 0.686 bits per heavy atom. The number of nitrogens with one attached hydrogen (secondary N) is 8. The largest absolute Gasteiger partial charge is 0.453 e. The number of halogens is 4. The number of hydrogen-bond donors (Lipinski definition) is 11. The molecule has 6 heterocycles. The summed E-state index contributed by atoms with van der Waals surface area (Å²) in [7, 11) is 0. The normalized spacial score (nSPS) is 15.6. The summed E-state index contributed by atoms with van der Waals surface area (Å²) in [5, 5.41) is 35.7. The average molecular weight is 1200 g/mol. The van der Waals surface area contributed by atoms with E-state index >= 15 is 0 Å². The monoisotopic (exact) mass is 1200 g/mol. The Hall–Kier alpha value is -9.47.